The molecule has 0 saturated heterocycles. The summed E-state index contributed by atoms with van der Waals surface area (Å²) in [5.41, 5.74) is 0.864. The van der Waals surface area contributed by atoms with Crippen LogP contribution in [0.1, 0.15) is 50.5 Å². The first-order chi connectivity index (χ1) is 9.63. The van der Waals surface area contributed by atoms with Crippen molar-refractivity contribution in [2.24, 2.45) is 11.8 Å². The van der Waals surface area contributed by atoms with Crippen molar-refractivity contribution in [3.05, 3.63) is 34.6 Å². The Kier molecular flexibility index (Phi) is 4.32. The summed E-state index contributed by atoms with van der Waals surface area (Å²) in [6.45, 7) is 3.31. The van der Waals surface area contributed by atoms with Crippen LogP contribution in [-0.2, 0) is 0 Å². The van der Waals surface area contributed by atoms with Crippen molar-refractivity contribution in [2.75, 3.05) is 6.54 Å². The van der Waals surface area contributed by atoms with Crippen molar-refractivity contribution < 1.29 is 4.39 Å². The van der Waals surface area contributed by atoms with Crippen LogP contribution >= 0.6 is 11.6 Å². The van der Waals surface area contributed by atoms with Gasteiger partial charge in [0.1, 0.15) is 5.82 Å². The second-order valence-corrected chi connectivity index (χ2v) is 7.07. The first-order valence-corrected chi connectivity index (χ1v) is 8.19. The van der Waals surface area contributed by atoms with Crippen LogP contribution in [0.5, 0.6) is 0 Å². The van der Waals surface area contributed by atoms with E-state index < -0.39 is 0 Å². The summed E-state index contributed by atoms with van der Waals surface area (Å²) in [6, 6.07) is 5.90. The van der Waals surface area contributed by atoms with Crippen LogP contribution in [0.25, 0.3) is 0 Å². The van der Waals surface area contributed by atoms with Crippen molar-refractivity contribution in [3.8, 4) is 0 Å². The first kappa shape index (κ1) is 14.3. The summed E-state index contributed by atoms with van der Waals surface area (Å²) >= 11 is 5.88. The Morgan fingerprint density at radius 1 is 1.25 bits per heavy atom. The van der Waals surface area contributed by atoms with Crippen molar-refractivity contribution in [1.29, 1.82) is 0 Å². The highest BCUT2D eigenvalue weighted by Gasteiger charge is 2.32. The topological polar surface area (TPSA) is 12.0 Å². The number of hydrogen-bond acceptors (Lipinski definition) is 1. The predicted octanol–water partition coefficient (Wildman–Crippen LogP) is 4.75. The maximum absolute atomic E-state index is 14.2. The van der Waals surface area contributed by atoms with E-state index in [4.69, 9.17) is 11.6 Å². The SMILES string of the molecule is CC1CCC(CNC2CC2)C(c2ccc(Cl)cc2F)C1. The van der Waals surface area contributed by atoms with E-state index in [1.54, 1.807) is 0 Å². The Balaban J connectivity index is 1.77. The van der Waals surface area contributed by atoms with Crippen LogP contribution < -0.4 is 5.32 Å². The van der Waals surface area contributed by atoms with E-state index in [0.717, 1.165) is 24.6 Å². The van der Waals surface area contributed by atoms with Gasteiger partial charge in [-0.15, -0.1) is 0 Å². The van der Waals surface area contributed by atoms with Crippen LogP contribution in [0, 0.1) is 17.7 Å². The van der Waals surface area contributed by atoms with Gasteiger partial charge >= 0.3 is 0 Å². The number of rotatable bonds is 4. The van der Waals surface area contributed by atoms with Crippen LogP contribution in [0.2, 0.25) is 5.02 Å². The molecule has 1 nitrogen and oxygen atoms in total. The van der Waals surface area contributed by atoms with Gasteiger partial charge in [0.15, 0.2) is 0 Å². The molecule has 3 rings (SSSR count). The van der Waals surface area contributed by atoms with E-state index >= 15 is 0 Å². The lowest BCUT2D eigenvalue weighted by atomic mass is 9.71. The lowest BCUT2D eigenvalue weighted by Crippen LogP contribution is -2.32. The Morgan fingerprint density at radius 3 is 2.75 bits per heavy atom. The van der Waals surface area contributed by atoms with E-state index in [0.29, 0.717) is 22.8 Å². The summed E-state index contributed by atoms with van der Waals surface area (Å²) in [4.78, 5) is 0. The zero-order valence-electron chi connectivity index (χ0n) is 12.0. The summed E-state index contributed by atoms with van der Waals surface area (Å²) in [5, 5.41) is 4.11. The van der Waals surface area contributed by atoms with Crippen molar-refractivity contribution in [3.63, 3.8) is 0 Å². The molecule has 0 bridgehead atoms. The first-order valence-electron chi connectivity index (χ1n) is 7.82. The average molecular weight is 296 g/mol. The fraction of sp³-hybridized carbons (Fsp3) is 0.647. The molecule has 1 aromatic rings. The molecule has 0 heterocycles. The van der Waals surface area contributed by atoms with Crippen LogP contribution in [0.4, 0.5) is 4.39 Å². The minimum atomic E-state index is -0.131. The third-order valence-corrected chi connectivity index (χ3v) is 5.10. The maximum Gasteiger partial charge on any atom is 0.128 e. The largest absolute Gasteiger partial charge is 0.314 e. The van der Waals surface area contributed by atoms with Crippen LogP contribution in [-0.4, -0.2) is 12.6 Å². The molecule has 2 aliphatic rings. The van der Waals surface area contributed by atoms with E-state index in [-0.39, 0.29) is 5.82 Å². The van der Waals surface area contributed by atoms with Crippen LogP contribution in [0.3, 0.4) is 0 Å². The monoisotopic (exact) mass is 295 g/mol. The van der Waals surface area contributed by atoms with Gasteiger partial charge in [0.05, 0.1) is 0 Å². The van der Waals surface area contributed by atoms with Gasteiger partial charge < -0.3 is 5.32 Å². The molecule has 1 aromatic carbocycles. The van der Waals surface area contributed by atoms with E-state index in [1.165, 1.54) is 31.7 Å². The fourth-order valence-electron chi connectivity index (χ4n) is 3.48. The standard InChI is InChI=1S/C17H23ClFN/c1-11-2-3-12(10-20-14-5-6-14)16(8-11)15-7-4-13(18)9-17(15)19/h4,7,9,11-12,14,16,20H,2-3,5-6,8,10H2,1H3. The minimum Gasteiger partial charge on any atom is -0.314 e. The lowest BCUT2D eigenvalue weighted by molar-refractivity contribution is 0.237. The summed E-state index contributed by atoms with van der Waals surface area (Å²) in [5.74, 6) is 1.45. The highest BCUT2D eigenvalue weighted by Crippen LogP contribution is 2.41. The van der Waals surface area contributed by atoms with Crippen LogP contribution in [0.15, 0.2) is 18.2 Å². The normalized spacial score (nSPS) is 30.4. The van der Waals surface area contributed by atoms with Crippen molar-refractivity contribution in [2.45, 2.75) is 51.0 Å². The molecule has 0 spiro atoms. The quantitative estimate of drug-likeness (QED) is 0.845. The molecule has 1 N–H and O–H groups in total. The van der Waals surface area contributed by atoms with E-state index in [1.807, 2.05) is 12.1 Å². The Morgan fingerprint density at radius 2 is 2.05 bits per heavy atom. The molecular formula is C17H23ClFN. The molecule has 3 unspecified atom stereocenters. The number of benzene rings is 1. The van der Waals surface area contributed by atoms with Gasteiger partial charge in [0.25, 0.3) is 0 Å². The zero-order valence-corrected chi connectivity index (χ0v) is 12.8. The average Bonchev–Trinajstić information content (AvgIpc) is 3.21. The highest BCUT2D eigenvalue weighted by atomic mass is 35.5. The van der Waals surface area contributed by atoms with Gasteiger partial charge in [-0.25, -0.2) is 4.39 Å². The molecule has 0 amide bonds. The molecular weight excluding hydrogens is 273 g/mol. The fourth-order valence-corrected chi connectivity index (χ4v) is 3.64. The summed E-state index contributed by atoms with van der Waals surface area (Å²) in [6.07, 6.45) is 6.18. The van der Waals surface area contributed by atoms with Gasteiger partial charge in [-0.2, -0.15) is 0 Å². The minimum absolute atomic E-state index is 0.131. The molecule has 0 aliphatic heterocycles. The van der Waals surface area contributed by atoms with Gasteiger partial charge in [0, 0.05) is 11.1 Å². The molecule has 110 valence electrons. The predicted molar refractivity (Wildman–Crippen MR) is 81.7 cm³/mol. The second-order valence-electron chi connectivity index (χ2n) is 6.63. The smallest absolute Gasteiger partial charge is 0.128 e. The molecule has 2 aliphatic carbocycles. The molecule has 3 heteroatoms. The molecule has 2 saturated carbocycles. The van der Waals surface area contributed by atoms with Gasteiger partial charge in [-0.3, -0.25) is 0 Å². The maximum atomic E-state index is 14.2. The summed E-state index contributed by atoms with van der Waals surface area (Å²) in [7, 11) is 0. The van der Waals surface area contributed by atoms with Crippen molar-refractivity contribution >= 4 is 11.6 Å². The molecule has 3 atom stereocenters. The van der Waals surface area contributed by atoms with Crippen molar-refractivity contribution in [1.82, 2.24) is 5.32 Å². The Bertz CT molecular complexity index is 472. The third kappa shape index (κ3) is 3.35. The number of hydrogen-bond donors (Lipinski definition) is 1. The molecule has 20 heavy (non-hydrogen) atoms. The second kappa shape index (κ2) is 6.03. The lowest BCUT2D eigenvalue weighted by Gasteiger charge is -2.35. The molecule has 0 aromatic heterocycles. The molecule has 2 fully saturated rings. The van der Waals surface area contributed by atoms with E-state index in [2.05, 4.69) is 12.2 Å². The van der Waals surface area contributed by atoms with Gasteiger partial charge in [-0.1, -0.05) is 31.0 Å². The van der Waals surface area contributed by atoms with Gasteiger partial charge in [-0.05, 0) is 67.7 Å². The third-order valence-electron chi connectivity index (χ3n) is 4.86. The number of nitrogens with one attached hydrogen (secondary N) is 1. The van der Waals surface area contributed by atoms with Gasteiger partial charge in [0.2, 0.25) is 0 Å². The Hall–Kier alpha value is -0.600. The number of halogens is 2. The van der Waals surface area contributed by atoms with E-state index in [9.17, 15) is 4.39 Å². The molecule has 0 radical (unpaired) electrons. The highest BCUT2D eigenvalue weighted by molar-refractivity contribution is 6.30. The zero-order chi connectivity index (χ0) is 14.1. The Labute approximate surface area is 125 Å². The summed E-state index contributed by atoms with van der Waals surface area (Å²) < 4.78 is 14.2.